The minimum atomic E-state index is -0.0613. The zero-order chi connectivity index (χ0) is 39.5. The Morgan fingerprint density at radius 3 is 1.64 bits per heavy atom. The molecule has 0 saturated heterocycles. The molecule has 0 saturated carbocycles. The van der Waals surface area contributed by atoms with Crippen molar-refractivity contribution in [3.63, 3.8) is 0 Å². The molecule has 0 spiro atoms. The second kappa shape index (κ2) is 13.9. The Balaban J connectivity index is 1.02. The van der Waals surface area contributed by atoms with Gasteiger partial charge in [-0.25, -0.2) is 9.97 Å². The lowest BCUT2D eigenvalue weighted by atomic mass is 9.82. The third-order valence-electron chi connectivity index (χ3n) is 12.3. The molecule has 1 heterocycles. The first-order chi connectivity index (χ1) is 29.0. The lowest BCUT2D eigenvalue weighted by molar-refractivity contribution is 0.661. The summed E-state index contributed by atoms with van der Waals surface area (Å²) >= 11 is 0. The Labute approximate surface area is 345 Å². The summed E-state index contributed by atoms with van der Waals surface area (Å²) in [6.45, 7) is 4.71. The zero-order valence-electron chi connectivity index (χ0n) is 33.0. The van der Waals surface area contributed by atoms with Gasteiger partial charge in [0.25, 0.3) is 0 Å². The van der Waals surface area contributed by atoms with Gasteiger partial charge in [-0.3, -0.25) is 0 Å². The predicted octanol–water partition coefficient (Wildman–Crippen LogP) is 15.1. The van der Waals surface area contributed by atoms with E-state index in [-0.39, 0.29) is 5.41 Å². The Hall–Kier alpha value is -7.42. The van der Waals surface area contributed by atoms with E-state index in [0.29, 0.717) is 5.82 Å². The fourth-order valence-electron chi connectivity index (χ4n) is 9.28. The van der Waals surface area contributed by atoms with Crippen molar-refractivity contribution in [1.82, 2.24) is 9.97 Å². The van der Waals surface area contributed by atoms with Gasteiger partial charge in [0.15, 0.2) is 5.82 Å². The predicted molar refractivity (Wildman–Crippen MR) is 247 cm³/mol. The van der Waals surface area contributed by atoms with E-state index in [2.05, 4.69) is 202 Å². The average Bonchev–Trinajstić information content (AvgIpc) is 3.54. The maximum atomic E-state index is 5.25. The van der Waals surface area contributed by atoms with Crippen LogP contribution in [-0.2, 0) is 5.41 Å². The smallest absolute Gasteiger partial charge is 0.160 e. The van der Waals surface area contributed by atoms with Crippen LogP contribution in [0.3, 0.4) is 0 Å². The summed E-state index contributed by atoms with van der Waals surface area (Å²) in [5.74, 6) is 0.706. The molecule has 2 nitrogen and oxygen atoms in total. The molecule has 0 unspecified atom stereocenters. The molecule has 0 aliphatic heterocycles. The summed E-state index contributed by atoms with van der Waals surface area (Å²) in [4.78, 5) is 10.4. The van der Waals surface area contributed by atoms with Crippen LogP contribution in [0.1, 0.15) is 25.0 Å². The van der Waals surface area contributed by atoms with E-state index in [4.69, 9.17) is 9.97 Å². The highest BCUT2D eigenvalue weighted by atomic mass is 14.9. The maximum Gasteiger partial charge on any atom is 0.160 e. The third kappa shape index (κ3) is 5.96. The standard InChI is InChI=1S/C57H40N2/c1-57(2)51-31-28-42(35-50(51)55-46-24-10-9-17-38(46)27-32-52(55)57)41-21-13-22-43(33-41)45-29-30-49(48-26-12-11-25-47(45)48)54-36-53(58-56(59-54)39-18-7-4-8-19-39)44-23-14-20-40(34-44)37-15-5-3-6-16-37/h3-36H,1-2H3. The second-order valence-corrected chi connectivity index (χ2v) is 16.2. The van der Waals surface area contributed by atoms with Gasteiger partial charge in [-0.2, -0.15) is 0 Å². The largest absolute Gasteiger partial charge is 0.228 e. The molecule has 1 aromatic heterocycles. The number of nitrogens with zero attached hydrogens (tertiary/aromatic N) is 2. The summed E-state index contributed by atoms with van der Waals surface area (Å²) in [6.07, 6.45) is 0. The van der Waals surface area contributed by atoms with Gasteiger partial charge in [-0.15, -0.1) is 0 Å². The minimum Gasteiger partial charge on any atom is -0.228 e. The molecule has 0 N–H and O–H groups in total. The lowest BCUT2D eigenvalue weighted by Crippen LogP contribution is -2.14. The number of hydrogen-bond acceptors (Lipinski definition) is 2. The number of rotatable bonds is 6. The van der Waals surface area contributed by atoms with E-state index < -0.39 is 0 Å². The molecular formula is C57H40N2. The maximum absolute atomic E-state index is 5.25. The highest BCUT2D eigenvalue weighted by Gasteiger charge is 2.36. The quantitative estimate of drug-likeness (QED) is 0.169. The molecule has 59 heavy (non-hydrogen) atoms. The van der Waals surface area contributed by atoms with Gasteiger partial charge in [0.05, 0.1) is 11.4 Å². The normalized spacial score (nSPS) is 12.7. The zero-order valence-corrected chi connectivity index (χ0v) is 33.0. The van der Waals surface area contributed by atoms with Crippen LogP contribution in [0.15, 0.2) is 206 Å². The molecule has 0 atom stereocenters. The molecule has 0 bridgehead atoms. The van der Waals surface area contributed by atoms with Crippen molar-refractivity contribution < 1.29 is 0 Å². The van der Waals surface area contributed by atoms with Crippen molar-refractivity contribution in [2.45, 2.75) is 19.3 Å². The third-order valence-corrected chi connectivity index (χ3v) is 12.3. The van der Waals surface area contributed by atoms with Gasteiger partial charge in [0.2, 0.25) is 0 Å². The molecule has 2 heteroatoms. The van der Waals surface area contributed by atoms with E-state index in [9.17, 15) is 0 Å². The van der Waals surface area contributed by atoms with Gasteiger partial charge in [0, 0.05) is 22.1 Å². The molecule has 0 fully saturated rings. The highest BCUT2D eigenvalue weighted by molar-refractivity contribution is 6.06. The average molecular weight is 753 g/mol. The summed E-state index contributed by atoms with van der Waals surface area (Å²) in [6, 6.07) is 74.3. The number of fused-ring (bicyclic) bond motifs is 6. The Bertz CT molecular complexity index is 3230. The van der Waals surface area contributed by atoms with E-state index in [1.165, 1.54) is 66.2 Å². The molecule has 10 aromatic rings. The van der Waals surface area contributed by atoms with Gasteiger partial charge >= 0.3 is 0 Å². The molecule has 278 valence electrons. The van der Waals surface area contributed by atoms with Crippen LogP contribution in [0.25, 0.3) is 100.0 Å². The van der Waals surface area contributed by atoms with Crippen molar-refractivity contribution in [3.05, 3.63) is 217 Å². The Morgan fingerprint density at radius 2 is 0.864 bits per heavy atom. The van der Waals surface area contributed by atoms with Crippen LogP contribution in [-0.4, -0.2) is 9.97 Å². The SMILES string of the molecule is CC1(C)c2ccc(-c3cccc(-c4ccc(-c5cc(-c6cccc(-c7ccccc7)c6)nc(-c6ccccc6)n5)c5ccccc45)c3)cc2-c2c1ccc1ccccc21. The number of benzene rings is 9. The molecule has 1 aliphatic carbocycles. The fourth-order valence-corrected chi connectivity index (χ4v) is 9.28. The van der Waals surface area contributed by atoms with E-state index in [1.807, 2.05) is 18.2 Å². The summed E-state index contributed by atoms with van der Waals surface area (Å²) in [7, 11) is 0. The molecule has 11 rings (SSSR count). The first-order valence-electron chi connectivity index (χ1n) is 20.4. The van der Waals surface area contributed by atoms with Crippen LogP contribution < -0.4 is 0 Å². The highest BCUT2D eigenvalue weighted by Crippen LogP contribution is 2.52. The summed E-state index contributed by atoms with van der Waals surface area (Å²) in [5.41, 5.74) is 17.5. The van der Waals surface area contributed by atoms with E-state index >= 15 is 0 Å². The molecule has 0 amide bonds. The summed E-state index contributed by atoms with van der Waals surface area (Å²) in [5, 5.41) is 4.94. The van der Waals surface area contributed by atoms with E-state index in [1.54, 1.807) is 0 Å². The van der Waals surface area contributed by atoms with Crippen LogP contribution in [0, 0.1) is 0 Å². The van der Waals surface area contributed by atoms with Gasteiger partial charge < -0.3 is 0 Å². The van der Waals surface area contributed by atoms with Crippen LogP contribution >= 0.6 is 0 Å². The van der Waals surface area contributed by atoms with Crippen molar-refractivity contribution in [2.24, 2.45) is 0 Å². The number of hydrogen-bond donors (Lipinski definition) is 0. The molecule has 9 aromatic carbocycles. The van der Waals surface area contributed by atoms with E-state index in [0.717, 1.165) is 39.0 Å². The first-order valence-corrected chi connectivity index (χ1v) is 20.4. The van der Waals surface area contributed by atoms with Crippen molar-refractivity contribution in [3.8, 4) is 78.4 Å². The molecular weight excluding hydrogens is 713 g/mol. The van der Waals surface area contributed by atoms with Crippen LogP contribution in [0.2, 0.25) is 0 Å². The van der Waals surface area contributed by atoms with Crippen molar-refractivity contribution in [2.75, 3.05) is 0 Å². The van der Waals surface area contributed by atoms with Crippen molar-refractivity contribution in [1.29, 1.82) is 0 Å². The summed E-state index contributed by atoms with van der Waals surface area (Å²) < 4.78 is 0. The first kappa shape index (κ1) is 34.8. The Morgan fingerprint density at radius 1 is 0.322 bits per heavy atom. The molecule has 1 aliphatic rings. The fraction of sp³-hybridized carbons (Fsp3) is 0.0526. The molecule has 0 radical (unpaired) electrons. The number of aromatic nitrogens is 2. The van der Waals surface area contributed by atoms with Gasteiger partial charge in [-0.1, -0.05) is 196 Å². The van der Waals surface area contributed by atoms with Crippen LogP contribution in [0.4, 0.5) is 0 Å². The van der Waals surface area contributed by atoms with Gasteiger partial charge in [0.1, 0.15) is 0 Å². The Kier molecular flexibility index (Phi) is 8.20. The minimum absolute atomic E-state index is 0.0613. The van der Waals surface area contributed by atoms with Gasteiger partial charge in [-0.05, 0) is 101 Å². The topological polar surface area (TPSA) is 25.8 Å². The van der Waals surface area contributed by atoms with Crippen molar-refractivity contribution >= 4 is 21.5 Å². The van der Waals surface area contributed by atoms with Crippen LogP contribution in [0.5, 0.6) is 0 Å². The lowest BCUT2D eigenvalue weighted by Gasteiger charge is -2.21. The second-order valence-electron chi connectivity index (χ2n) is 16.2. The monoisotopic (exact) mass is 752 g/mol.